The van der Waals surface area contributed by atoms with Crippen LogP contribution in [-0.2, 0) is 0 Å². The van der Waals surface area contributed by atoms with E-state index in [0.29, 0.717) is 17.4 Å². The van der Waals surface area contributed by atoms with Gasteiger partial charge < -0.3 is 15.1 Å². The van der Waals surface area contributed by atoms with Gasteiger partial charge in [0, 0.05) is 68.7 Å². The smallest absolute Gasteiger partial charge is 0.165 e. The first-order chi connectivity index (χ1) is 22.3. The van der Waals surface area contributed by atoms with Crippen LogP contribution in [0.4, 0.5) is 27.4 Å². The molecule has 1 N–H and O–H groups in total. The number of rotatable bonds is 10. The number of carbonyl (C=O) groups excluding carboxylic acids is 1. The first-order valence-electron chi connectivity index (χ1n) is 16.8. The first kappa shape index (κ1) is 31.9. The number of nitrogens with zero attached hydrogens (tertiary/aromatic N) is 6. The number of piperidine rings is 1. The van der Waals surface area contributed by atoms with Crippen molar-refractivity contribution in [2.75, 3.05) is 60.9 Å². The molecule has 2 aliphatic rings. The van der Waals surface area contributed by atoms with Crippen LogP contribution < -0.4 is 15.1 Å². The Kier molecular flexibility index (Phi) is 9.78. The van der Waals surface area contributed by atoms with Gasteiger partial charge in [0.2, 0.25) is 0 Å². The molecular weight excluding hydrogens is 577 g/mol. The van der Waals surface area contributed by atoms with Crippen molar-refractivity contribution >= 4 is 39.8 Å². The number of fused-ring (bicyclic) bond motifs is 1. The molecule has 2 fully saturated rings. The molecule has 8 nitrogen and oxygen atoms in total. The van der Waals surface area contributed by atoms with E-state index in [-0.39, 0.29) is 11.7 Å². The molecule has 6 rings (SSSR count). The number of hydrogen-bond donors (Lipinski definition) is 1. The fourth-order valence-electron chi connectivity index (χ4n) is 6.69. The van der Waals surface area contributed by atoms with Gasteiger partial charge in [0.1, 0.15) is 11.6 Å². The highest BCUT2D eigenvalue weighted by Crippen LogP contribution is 2.29. The molecular formula is C37H46FN7O. The van der Waals surface area contributed by atoms with Gasteiger partial charge in [-0.15, -0.1) is 0 Å². The van der Waals surface area contributed by atoms with Crippen molar-refractivity contribution in [3.05, 3.63) is 77.4 Å². The van der Waals surface area contributed by atoms with E-state index in [0.717, 1.165) is 104 Å². The molecule has 2 aliphatic heterocycles. The molecule has 46 heavy (non-hydrogen) atoms. The van der Waals surface area contributed by atoms with Gasteiger partial charge in [0.15, 0.2) is 11.6 Å². The standard InChI is InChI=1S/C37H46FN7O/c1-5-25(2)37(46)30-22-29(9-8-26(30)3)44-19-17-43(18-20-44)14-10-28-11-15-45(16-12-28)35-23-33(31(38)24-40-35)42-34-21-27(4)36-32(41-34)7-6-13-39-36/h6-9,13,21-25,28H,5,10-12,14-20H2,1-4H3,(H,40,41,42). The highest BCUT2D eigenvalue weighted by atomic mass is 19.1. The molecule has 5 heterocycles. The Morgan fingerprint density at radius 2 is 1.76 bits per heavy atom. The summed E-state index contributed by atoms with van der Waals surface area (Å²) in [5.41, 5.74) is 6.10. The zero-order valence-electron chi connectivity index (χ0n) is 27.6. The van der Waals surface area contributed by atoms with Crippen molar-refractivity contribution in [3.8, 4) is 0 Å². The van der Waals surface area contributed by atoms with E-state index in [1.54, 1.807) is 12.3 Å². The minimum atomic E-state index is -0.396. The van der Waals surface area contributed by atoms with E-state index in [2.05, 4.69) is 60.1 Å². The third-order valence-corrected chi connectivity index (χ3v) is 9.93. The molecule has 1 aromatic carbocycles. The maximum absolute atomic E-state index is 14.8. The zero-order valence-corrected chi connectivity index (χ0v) is 27.6. The van der Waals surface area contributed by atoms with Gasteiger partial charge in [-0.3, -0.25) is 14.7 Å². The van der Waals surface area contributed by atoms with Crippen LogP contribution >= 0.6 is 0 Å². The lowest BCUT2D eigenvalue weighted by molar-refractivity contribution is 0.0926. The second kappa shape index (κ2) is 14.1. The Labute approximate surface area is 272 Å². The number of benzene rings is 1. The van der Waals surface area contributed by atoms with Crippen molar-refractivity contribution < 1.29 is 9.18 Å². The normalized spacial score (nSPS) is 17.0. The van der Waals surface area contributed by atoms with E-state index in [1.807, 2.05) is 39.0 Å². The average Bonchev–Trinajstić information content (AvgIpc) is 3.08. The van der Waals surface area contributed by atoms with Crippen LogP contribution in [0.5, 0.6) is 0 Å². The lowest BCUT2D eigenvalue weighted by Crippen LogP contribution is -2.47. The summed E-state index contributed by atoms with van der Waals surface area (Å²) < 4.78 is 14.8. The van der Waals surface area contributed by atoms with Crippen LogP contribution in [0.15, 0.2) is 54.9 Å². The number of aryl methyl sites for hydroxylation is 2. The molecule has 0 bridgehead atoms. The predicted octanol–water partition coefficient (Wildman–Crippen LogP) is 7.18. The molecule has 2 saturated heterocycles. The minimum Gasteiger partial charge on any atom is -0.369 e. The van der Waals surface area contributed by atoms with Crippen molar-refractivity contribution in [2.45, 2.75) is 53.4 Å². The van der Waals surface area contributed by atoms with E-state index in [9.17, 15) is 9.18 Å². The minimum absolute atomic E-state index is 0.0557. The van der Waals surface area contributed by atoms with Crippen LogP contribution in [0.1, 0.15) is 61.0 Å². The summed E-state index contributed by atoms with van der Waals surface area (Å²) in [5, 5.41) is 3.18. The number of carbonyl (C=O) groups is 1. The number of nitrogens with one attached hydrogen (secondary N) is 1. The molecule has 0 amide bonds. The number of halogens is 1. The molecule has 4 aromatic rings. The lowest BCUT2D eigenvalue weighted by atomic mass is 9.93. The van der Waals surface area contributed by atoms with Crippen LogP contribution in [0.3, 0.4) is 0 Å². The summed E-state index contributed by atoms with van der Waals surface area (Å²) in [6, 6.07) is 13.9. The van der Waals surface area contributed by atoms with Gasteiger partial charge in [0.25, 0.3) is 0 Å². The van der Waals surface area contributed by atoms with Gasteiger partial charge in [-0.2, -0.15) is 0 Å². The summed E-state index contributed by atoms with van der Waals surface area (Å²) in [4.78, 5) is 33.6. The SMILES string of the molecule is CCC(C)C(=O)c1cc(N2CCN(CCC3CCN(c4cc(Nc5cc(C)c6ncccc6n5)c(F)cn4)CC3)CC2)ccc1C. The fourth-order valence-corrected chi connectivity index (χ4v) is 6.69. The Morgan fingerprint density at radius 3 is 2.52 bits per heavy atom. The first-order valence-corrected chi connectivity index (χ1v) is 16.8. The molecule has 0 aliphatic carbocycles. The van der Waals surface area contributed by atoms with Gasteiger partial charge in [-0.25, -0.2) is 14.4 Å². The molecule has 9 heteroatoms. The number of hydrogen-bond acceptors (Lipinski definition) is 8. The van der Waals surface area contributed by atoms with E-state index < -0.39 is 5.82 Å². The van der Waals surface area contributed by atoms with Crippen molar-refractivity contribution in [1.82, 2.24) is 19.9 Å². The van der Waals surface area contributed by atoms with Crippen molar-refractivity contribution in [1.29, 1.82) is 0 Å². The Morgan fingerprint density at radius 1 is 0.978 bits per heavy atom. The second-order valence-corrected chi connectivity index (χ2v) is 13.1. The fraction of sp³-hybridized carbons (Fsp3) is 0.459. The zero-order chi connectivity index (χ0) is 32.2. The summed E-state index contributed by atoms with van der Waals surface area (Å²) in [5.74, 6) is 1.98. The summed E-state index contributed by atoms with van der Waals surface area (Å²) in [6.45, 7) is 15.1. The third-order valence-electron chi connectivity index (χ3n) is 9.93. The Hall–Kier alpha value is -4.11. The van der Waals surface area contributed by atoms with Gasteiger partial charge in [0.05, 0.1) is 22.9 Å². The highest BCUT2D eigenvalue weighted by Gasteiger charge is 2.24. The number of pyridine rings is 3. The number of aromatic nitrogens is 3. The lowest BCUT2D eigenvalue weighted by Gasteiger charge is -2.38. The number of piperazine rings is 1. The quantitative estimate of drug-likeness (QED) is 0.186. The average molecular weight is 624 g/mol. The molecule has 1 unspecified atom stereocenters. The van der Waals surface area contributed by atoms with Gasteiger partial charge in [-0.1, -0.05) is 19.9 Å². The molecule has 0 radical (unpaired) electrons. The molecule has 242 valence electrons. The molecule has 3 aromatic heterocycles. The van der Waals surface area contributed by atoms with Crippen molar-refractivity contribution in [3.63, 3.8) is 0 Å². The van der Waals surface area contributed by atoms with E-state index in [1.165, 1.54) is 12.6 Å². The van der Waals surface area contributed by atoms with Crippen LogP contribution in [0, 0.1) is 31.5 Å². The van der Waals surface area contributed by atoms with E-state index in [4.69, 9.17) is 0 Å². The molecule has 1 atom stereocenters. The molecule has 0 saturated carbocycles. The van der Waals surface area contributed by atoms with Crippen LogP contribution in [0.2, 0.25) is 0 Å². The Balaban J connectivity index is 0.981. The van der Waals surface area contributed by atoms with Crippen molar-refractivity contribution in [2.24, 2.45) is 11.8 Å². The molecule has 0 spiro atoms. The highest BCUT2D eigenvalue weighted by molar-refractivity contribution is 5.99. The van der Waals surface area contributed by atoms with Crippen LogP contribution in [0.25, 0.3) is 11.0 Å². The number of Topliss-reactive ketones (excluding diaryl/α,β-unsaturated/α-hetero) is 1. The predicted molar refractivity (Wildman–Crippen MR) is 185 cm³/mol. The van der Waals surface area contributed by atoms with Crippen LogP contribution in [-0.4, -0.2) is 71.4 Å². The second-order valence-electron chi connectivity index (χ2n) is 13.1. The maximum atomic E-state index is 14.8. The summed E-state index contributed by atoms with van der Waals surface area (Å²) in [6.07, 6.45) is 7.33. The number of ketones is 1. The Bertz CT molecular complexity index is 1680. The topological polar surface area (TPSA) is 77.5 Å². The monoisotopic (exact) mass is 623 g/mol. The van der Waals surface area contributed by atoms with Gasteiger partial charge >= 0.3 is 0 Å². The maximum Gasteiger partial charge on any atom is 0.165 e. The van der Waals surface area contributed by atoms with Gasteiger partial charge in [-0.05, 0) is 93.5 Å². The number of anilines is 4. The third kappa shape index (κ3) is 7.15. The summed E-state index contributed by atoms with van der Waals surface area (Å²) in [7, 11) is 0. The summed E-state index contributed by atoms with van der Waals surface area (Å²) >= 11 is 0. The largest absolute Gasteiger partial charge is 0.369 e. The van der Waals surface area contributed by atoms with E-state index >= 15 is 0 Å².